The van der Waals surface area contributed by atoms with Gasteiger partial charge in [-0.05, 0) is 29.8 Å². The van der Waals surface area contributed by atoms with Crippen molar-refractivity contribution in [1.82, 2.24) is 5.32 Å². The Morgan fingerprint density at radius 3 is 2.60 bits per heavy atom. The average Bonchev–Trinajstić information content (AvgIpc) is 2.46. The van der Waals surface area contributed by atoms with Crippen molar-refractivity contribution in [2.75, 3.05) is 20.3 Å². The van der Waals surface area contributed by atoms with Gasteiger partial charge in [-0.15, -0.1) is 0 Å². The fourth-order valence-electron chi connectivity index (χ4n) is 1.76. The summed E-state index contributed by atoms with van der Waals surface area (Å²) in [6, 6.07) is 16.5. The second-order valence-corrected chi connectivity index (χ2v) is 5.89. The van der Waals surface area contributed by atoms with Gasteiger partial charge in [0.2, 0.25) is 0 Å². The van der Waals surface area contributed by atoms with Gasteiger partial charge in [-0.2, -0.15) is 0 Å². The normalized spacial score (nSPS) is 10.7. The molecule has 0 bridgehead atoms. The standard InChI is InChI=1S/C16H18ClNOS/c1-19-10-9-18-12-13-7-8-15(11-16(13)17)20-14-5-3-2-4-6-14/h2-8,11,18H,9-10,12H2,1H3. The van der Waals surface area contributed by atoms with Crippen LogP contribution in [0.5, 0.6) is 0 Å². The summed E-state index contributed by atoms with van der Waals surface area (Å²) in [6.45, 7) is 2.30. The van der Waals surface area contributed by atoms with Crippen LogP contribution in [0.25, 0.3) is 0 Å². The Morgan fingerprint density at radius 1 is 1.10 bits per heavy atom. The fraction of sp³-hybridized carbons (Fsp3) is 0.250. The number of rotatable bonds is 7. The van der Waals surface area contributed by atoms with Crippen molar-refractivity contribution >= 4 is 23.4 Å². The van der Waals surface area contributed by atoms with E-state index in [1.54, 1.807) is 18.9 Å². The molecule has 2 nitrogen and oxygen atoms in total. The van der Waals surface area contributed by atoms with Gasteiger partial charge in [0.25, 0.3) is 0 Å². The average molecular weight is 308 g/mol. The minimum absolute atomic E-state index is 0.708. The molecule has 2 aromatic carbocycles. The lowest BCUT2D eigenvalue weighted by atomic mass is 10.2. The van der Waals surface area contributed by atoms with Crippen molar-refractivity contribution in [1.29, 1.82) is 0 Å². The zero-order valence-electron chi connectivity index (χ0n) is 11.4. The van der Waals surface area contributed by atoms with Crippen molar-refractivity contribution in [3.05, 3.63) is 59.1 Å². The summed E-state index contributed by atoms with van der Waals surface area (Å²) in [6.07, 6.45) is 0. The molecule has 0 aliphatic carbocycles. The maximum absolute atomic E-state index is 6.32. The topological polar surface area (TPSA) is 21.3 Å². The number of methoxy groups -OCH3 is 1. The van der Waals surface area contributed by atoms with Gasteiger partial charge in [0, 0.05) is 35.0 Å². The molecular weight excluding hydrogens is 290 g/mol. The molecule has 0 saturated heterocycles. The highest BCUT2D eigenvalue weighted by Gasteiger charge is 2.03. The molecule has 20 heavy (non-hydrogen) atoms. The van der Waals surface area contributed by atoms with Crippen LogP contribution in [-0.4, -0.2) is 20.3 Å². The second-order valence-electron chi connectivity index (χ2n) is 4.34. The Kier molecular flexibility index (Phi) is 6.40. The molecule has 1 N–H and O–H groups in total. The van der Waals surface area contributed by atoms with Crippen molar-refractivity contribution in [3.63, 3.8) is 0 Å². The Morgan fingerprint density at radius 2 is 1.90 bits per heavy atom. The van der Waals surface area contributed by atoms with Crippen LogP contribution in [0.4, 0.5) is 0 Å². The largest absolute Gasteiger partial charge is 0.383 e. The van der Waals surface area contributed by atoms with Crippen LogP contribution in [0, 0.1) is 0 Å². The molecule has 0 aromatic heterocycles. The first-order valence-corrected chi connectivity index (χ1v) is 7.70. The number of nitrogens with one attached hydrogen (secondary N) is 1. The highest BCUT2D eigenvalue weighted by atomic mass is 35.5. The summed E-state index contributed by atoms with van der Waals surface area (Å²) in [5.74, 6) is 0. The third kappa shape index (κ3) is 4.84. The SMILES string of the molecule is COCCNCc1ccc(Sc2ccccc2)cc1Cl. The molecule has 0 unspecified atom stereocenters. The quantitative estimate of drug-likeness (QED) is 0.774. The summed E-state index contributed by atoms with van der Waals surface area (Å²) in [5, 5.41) is 4.10. The molecule has 0 radical (unpaired) electrons. The molecule has 2 rings (SSSR count). The monoisotopic (exact) mass is 307 g/mol. The van der Waals surface area contributed by atoms with Crippen LogP contribution in [0.15, 0.2) is 58.3 Å². The molecule has 2 aromatic rings. The second kappa shape index (κ2) is 8.32. The zero-order valence-corrected chi connectivity index (χ0v) is 13.0. The van der Waals surface area contributed by atoms with Gasteiger partial charge in [0.1, 0.15) is 0 Å². The van der Waals surface area contributed by atoms with E-state index in [4.69, 9.17) is 16.3 Å². The van der Waals surface area contributed by atoms with E-state index >= 15 is 0 Å². The Bertz CT molecular complexity index is 533. The third-order valence-corrected chi connectivity index (χ3v) is 4.15. The molecule has 0 fully saturated rings. The number of ether oxygens (including phenoxy) is 1. The molecule has 4 heteroatoms. The van der Waals surface area contributed by atoms with Gasteiger partial charge in [0.05, 0.1) is 6.61 Å². The van der Waals surface area contributed by atoms with Crippen LogP contribution >= 0.6 is 23.4 Å². The minimum atomic E-state index is 0.708. The lowest BCUT2D eigenvalue weighted by molar-refractivity contribution is 0.199. The molecule has 0 heterocycles. The summed E-state index contributed by atoms with van der Waals surface area (Å²) in [5.41, 5.74) is 1.11. The molecule has 0 spiro atoms. The van der Waals surface area contributed by atoms with E-state index in [1.807, 2.05) is 24.3 Å². The van der Waals surface area contributed by atoms with Gasteiger partial charge in [-0.3, -0.25) is 0 Å². The van der Waals surface area contributed by atoms with Crippen molar-refractivity contribution in [3.8, 4) is 0 Å². The number of hydrogen-bond donors (Lipinski definition) is 1. The summed E-state index contributed by atoms with van der Waals surface area (Å²) in [4.78, 5) is 2.37. The van der Waals surface area contributed by atoms with Crippen LogP contribution in [-0.2, 0) is 11.3 Å². The van der Waals surface area contributed by atoms with Crippen LogP contribution in [0.3, 0.4) is 0 Å². The Labute approximate surface area is 129 Å². The van der Waals surface area contributed by atoms with E-state index in [0.717, 1.165) is 28.6 Å². The maximum Gasteiger partial charge on any atom is 0.0587 e. The van der Waals surface area contributed by atoms with Crippen molar-refractivity contribution in [2.45, 2.75) is 16.3 Å². The number of benzene rings is 2. The highest BCUT2D eigenvalue weighted by molar-refractivity contribution is 7.99. The van der Waals surface area contributed by atoms with Crippen LogP contribution in [0.2, 0.25) is 5.02 Å². The maximum atomic E-state index is 6.32. The molecule has 0 saturated carbocycles. The predicted molar refractivity (Wildman–Crippen MR) is 85.6 cm³/mol. The minimum Gasteiger partial charge on any atom is -0.383 e. The van der Waals surface area contributed by atoms with Crippen molar-refractivity contribution < 1.29 is 4.74 Å². The van der Waals surface area contributed by atoms with E-state index in [-0.39, 0.29) is 0 Å². The smallest absolute Gasteiger partial charge is 0.0587 e. The van der Waals surface area contributed by atoms with E-state index < -0.39 is 0 Å². The zero-order chi connectivity index (χ0) is 14.2. The first-order valence-electron chi connectivity index (χ1n) is 6.50. The fourth-order valence-corrected chi connectivity index (χ4v) is 2.95. The predicted octanol–water partition coefficient (Wildman–Crippen LogP) is 4.23. The van der Waals surface area contributed by atoms with Crippen molar-refractivity contribution in [2.24, 2.45) is 0 Å². The molecule has 0 aliphatic heterocycles. The van der Waals surface area contributed by atoms with Crippen LogP contribution < -0.4 is 5.32 Å². The Hall–Kier alpha value is -1.00. The Balaban J connectivity index is 1.95. The summed E-state index contributed by atoms with van der Waals surface area (Å²) < 4.78 is 5.00. The molecule has 0 atom stereocenters. The van der Waals surface area contributed by atoms with Gasteiger partial charge in [-0.1, -0.05) is 47.6 Å². The van der Waals surface area contributed by atoms with Gasteiger partial charge >= 0.3 is 0 Å². The van der Waals surface area contributed by atoms with Crippen LogP contribution in [0.1, 0.15) is 5.56 Å². The van der Waals surface area contributed by atoms with Gasteiger partial charge < -0.3 is 10.1 Å². The van der Waals surface area contributed by atoms with E-state index in [2.05, 4.69) is 29.6 Å². The molecule has 0 amide bonds. The van der Waals surface area contributed by atoms with Gasteiger partial charge in [-0.25, -0.2) is 0 Å². The summed E-state index contributed by atoms with van der Waals surface area (Å²) >= 11 is 8.04. The van der Waals surface area contributed by atoms with E-state index in [1.165, 1.54) is 4.90 Å². The number of hydrogen-bond acceptors (Lipinski definition) is 3. The first-order chi connectivity index (χ1) is 9.79. The van der Waals surface area contributed by atoms with Gasteiger partial charge in [0.15, 0.2) is 0 Å². The molecule has 0 aliphatic rings. The lowest BCUT2D eigenvalue weighted by Crippen LogP contribution is -2.18. The van der Waals surface area contributed by atoms with E-state index in [0.29, 0.717) is 6.61 Å². The van der Waals surface area contributed by atoms with E-state index in [9.17, 15) is 0 Å². The number of halogens is 1. The third-order valence-electron chi connectivity index (χ3n) is 2.80. The summed E-state index contributed by atoms with van der Waals surface area (Å²) in [7, 11) is 1.70. The first kappa shape index (κ1) is 15.4. The molecule has 106 valence electrons. The lowest BCUT2D eigenvalue weighted by Gasteiger charge is -2.08. The highest BCUT2D eigenvalue weighted by Crippen LogP contribution is 2.30. The molecular formula is C16H18ClNOS.